The topological polar surface area (TPSA) is 71.3 Å². The molecule has 0 aliphatic heterocycles. The van der Waals surface area contributed by atoms with Gasteiger partial charge >= 0.3 is 0 Å². The zero-order valence-electron chi connectivity index (χ0n) is 15.5. The van der Waals surface area contributed by atoms with E-state index in [1.165, 1.54) is 13.2 Å². The Hall–Kier alpha value is -2.97. The molecule has 2 rings (SSSR count). The first-order valence-corrected chi connectivity index (χ1v) is 8.93. The van der Waals surface area contributed by atoms with Gasteiger partial charge in [-0.1, -0.05) is 36.7 Å². The first kappa shape index (κ1) is 20.3. The standard InChI is InChI=1S/C21H21ClN2O3/c1-4-15-8-6-7-9-18(15)24-21(25)16(13-23)10-14-11-17(22)20(26-3)19(12-14)27-5-2/h6-12H,4-5H2,1-3H3,(H,24,25)/b16-10+. The third-order valence-electron chi connectivity index (χ3n) is 3.86. The normalized spacial score (nSPS) is 10.9. The number of benzene rings is 2. The Bertz CT molecular complexity index is 901. The van der Waals surface area contributed by atoms with Gasteiger partial charge in [0.1, 0.15) is 11.6 Å². The molecule has 0 aliphatic carbocycles. The number of carbonyl (C=O) groups excluding carboxylic acids is 1. The van der Waals surface area contributed by atoms with Crippen molar-refractivity contribution < 1.29 is 14.3 Å². The van der Waals surface area contributed by atoms with Crippen molar-refractivity contribution in [2.75, 3.05) is 19.0 Å². The zero-order valence-corrected chi connectivity index (χ0v) is 16.3. The van der Waals surface area contributed by atoms with Gasteiger partial charge in [0.15, 0.2) is 11.5 Å². The molecule has 1 N–H and O–H groups in total. The van der Waals surface area contributed by atoms with Gasteiger partial charge in [0.2, 0.25) is 0 Å². The van der Waals surface area contributed by atoms with Crippen LogP contribution in [0.5, 0.6) is 11.5 Å². The van der Waals surface area contributed by atoms with E-state index < -0.39 is 5.91 Å². The maximum absolute atomic E-state index is 12.5. The van der Waals surface area contributed by atoms with Crippen LogP contribution in [0.15, 0.2) is 42.0 Å². The fourth-order valence-electron chi connectivity index (χ4n) is 2.59. The molecule has 0 atom stereocenters. The number of halogens is 1. The molecule has 6 heteroatoms. The first-order valence-electron chi connectivity index (χ1n) is 8.55. The number of ether oxygens (including phenoxy) is 2. The number of nitrogens with one attached hydrogen (secondary N) is 1. The molecule has 0 heterocycles. The predicted octanol–water partition coefficient (Wildman–Crippen LogP) is 4.86. The quantitative estimate of drug-likeness (QED) is 0.546. The number of carbonyl (C=O) groups is 1. The number of hydrogen-bond acceptors (Lipinski definition) is 4. The minimum absolute atomic E-state index is 0.0374. The molecule has 0 aliphatic rings. The highest BCUT2D eigenvalue weighted by atomic mass is 35.5. The number of aryl methyl sites for hydroxylation is 1. The molecule has 27 heavy (non-hydrogen) atoms. The summed E-state index contributed by atoms with van der Waals surface area (Å²) in [7, 11) is 1.50. The van der Waals surface area contributed by atoms with Gasteiger partial charge < -0.3 is 14.8 Å². The van der Waals surface area contributed by atoms with Gasteiger partial charge in [0, 0.05) is 5.69 Å². The van der Waals surface area contributed by atoms with Crippen LogP contribution in [0.4, 0.5) is 5.69 Å². The first-order chi connectivity index (χ1) is 13.0. The fourth-order valence-corrected chi connectivity index (χ4v) is 2.88. The average Bonchev–Trinajstić information content (AvgIpc) is 2.66. The smallest absolute Gasteiger partial charge is 0.266 e. The lowest BCUT2D eigenvalue weighted by Gasteiger charge is -2.12. The van der Waals surface area contributed by atoms with Gasteiger partial charge in [-0.3, -0.25) is 4.79 Å². The Morgan fingerprint density at radius 1 is 1.30 bits per heavy atom. The molecule has 0 spiro atoms. The summed E-state index contributed by atoms with van der Waals surface area (Å²) in [4.78, 5) is 12.5. The average molecular weight is 385 g/mol. The van der Waals surface area contributed by atoms with Crippen LogP contribution in [0.1, 0.15) is 25.0 Å². The van der Waals surface area contributed by atoms with E-state index in [9.17, 15) is 10.1 Å². The molecule has 0 saturated carbocycles. The van der Waals surface area contributed by atoms with E-state index in [4.69, 9.17) is 21.1 Å². The van der Waals surface area contributed by atoms with E-state index in [1.807, 2.05) is 44.2 Å². The Kier molecular flexibility index (Phi) is 7.27. The third kappa shape index (κ3) is 5.02. The van der Waals surface area contributed by atoms with Crippen LogP contribution in [0.2, 0.25) is 5.02 Å². The Balaban J connectivity index is 2.35. The second kappa shape index (κ2) is 9.65. The van der Waals surface area contributed by atoms with Gasteiger partial charge in [-0.05, 0) is 48.7 Å². The molecule has 0 saturated heterocycles. The van der Waals surface area contributed by atoms with Crippen LogP contribution in [-0.2, 0) is 11.2 Å². The van der Waals surface area contributed by atoms with Crippen molar-refractivity contribution in [1.29, 1.82) is 5.26 Å². The molecular weight excluding hydrogens is 364 g/mol. The molecule has 1 amide bonds. The minimum atomic E-state index is -0.483. The molecule has 2 aromatic carbocycles. The molecule has 0 fully saturated rings. The van der Waals surface area contributed by atoms with E-state index in [1.54, 1.807) is 12.1 Å². The van der Waals surface area contributed by atoms with Gasteiger partial charge in [-0.25, -0.2) is 0 Å². The summed E-state index contributed by atoms with van der Waals surface area (Å²) in [5, 5.41) is 12.6. The summed E-state index contributed by atoms with van der Waals surface area (Å²) in [5.74, 6) is 0.381. The van der Waals surface area contributed by atoms with Gasteiger partial charge in [-0.15, -0.1) is 0 Å². The van der Waals surface area contributed by atoms with Gasteiger partial charge in [-0.2, -0.15) is 5.26 Å². The molecule has 5 nitrogen and oxygen atoms in total. The van der Waals surface area contributed by atoms with Crippen LogP contribution in [-0.4, -0.2) is 19.6 Å². The summed E-state index contributed by atoms with van der Waals surface area (Å²) in [6.45, 7) is 4.27. The lowest BCUT2D eigenvalue weighted by molar-refractivity contribution is -0.112. The number of para-hydroxylation sites is 1. The Labute approximate surface area is 164 Å². The number of amides is 1. The van der Waals surface area contributed by atoms with E-state index in [0.29, 0.717) is 34.4 Å². The van der Waals surface area contributed by atoms with Crippen molar-refractivity contribution in [3.8, 4) is 17.6 Å². The van der Waals surface area contributed by atoms with Gasteiger partial charge in [0.25, 0.3) is 5.91 Å². The van der Waals surface area contributed by atoms with Crippen LogP contribution in [0.3, 0.4) is 0 Å². The number of anilines is 1. The molecule has 140 valence electrons. The van der Waals surface area contributed by atoms with Crippen molar-refractivity contribution in [3.63, 3.8) is 0 Å². The number of nitriles is 1. The van der Waals surface area contributed by atoms with Crippen molar-refractivity contribution in [2.24, 2.45) is 0 Å². The summed E-state index contributed by atoms with van der Waals surface area (Å²) >= 11 is 6.23. The van der Waals surface area contributed by atoms with Crippen LogP contribution >= 0.6 is 11.6 Å². The maximum atomic E-state index is 12.5. The highest BCUT2D eigenvalue weighted by Gasteiger charge is 2.14. The summed E-state index contributed by atoms with van der Waals surface area (Å²) in [6, 6.07) is 12.7. The van der Waals surface area contributed by atoms with E-state index in [2.05, 4.69) is 5.32 Å². The third-order valence-corrected chi connectivity index (χ3v) is 4.14. The van der Waals surface area contributed by atoms with Crippen LogP contribution in [0.25, 0.3) is 6.08 Å². The van der Waals surface area contributed by atoms with Crippen molar-refractivity contribution in [3.05, 3.63) is 58.1 Å². The largest absolute Gasteiger partial charge is 0.491 e. The number of nitrogens with zero attached hydrogens (tertiary/aromatic N) is 1. The van der Waals surface area contributed by atoms with E-state index in [0.717, 1.165) is 12.0 Å². The minimum Gasteiger partial charge on any atom is -0.491 e. The van der Waals surface area contributed by atoms with E-state index in [-0.39, 0.29) is 5.57 Å². The lowest BCUT2D eigenvalue weighted by atomic mass is 10.1. The summed E-state index contributed by atoms with van der Waals surface area (Å²) < 4.78 is 10.8. The summed E-state index contributed by atoms with van der Waals surface area (Å²) in [6.07, 6.45) is 2.24. The molecule has 0 radical (unpaired) electrons. The molecule has 2 aromatic rings. The highest BCUT2D eigenvalue weighted by molar-refractivity contribution is 6.32. The number of rotatable bonds is 7. The SMILES string of the molecule is CCOc1cc(/C=C(\C#N)C(=O)Nc2ccccc2CC)cc(Cl)c1OC. The lowest BCUT2D eigenvalue weighted by Crippen LogP contribution is -2.14. The fraction of sp³-hybridized carbons (Fsp3) is 0.238. The molecule has 0 unspecified atom stereocenters. The van der Waals surface area contributed by atoms with Crippen LogP contribution < -0.4 is 14.8 Å². The Morgan fingerprint density at radius 2 is 2.04 bits per heavy atom. The predicted molar refractivity (Wildman–Crippen MR) is 107 cm³/mol. The number of methoxy groups -OCH3 is 1. The maximum Gasteiger partial charge on any atom is 0.266 e. The molecule has 0 bridgehead atoms. The van der Waals surface area contributed by atoms with Crippen molar-refractivity contribution >= 4 is 29.3 Å². The molecular formula is C21H21ClN2O3. The van der Waals surface area contributed by atoms with Gasteiger partial charge in [0.05, 0.1) is 18.7 Å². The Morgan fingerprint density at radius 3 is 2.67 bits per heavy atom. The molecule has 0 aromatic heterocycles. The van der Waals surface area contributed by atoms with E-state index >= 15 is 0 Å². The highest BCUT2D eigenvalue weighted by Crippen LogP contribution is 2.37. The zero-order chi connectivity index (χ0) is 19.8. The summed E-state index contributed by atoms with van der Waals surface area (Å²) in [5.41, 5.74) is 2.22. The second-order valence-electron chi connectivity index (χ2n) is 5.60. The van der Waals surface area contributed by atoms with Crippen molar-refractivity contribution in [1.82, 2.24) is 0 Å². The van der Waals surface area contributed by atoms with Crippen LogP contribution in [0, 0.1) is 11.3 Å². The number of hydrogen-bond donors (Lipinski definition) is 1. The monoisotopic (exact) mass is 384 g/mol. The second-order valence-corrected chi connectivity index (χ2v) is 6.01. The van der Waals surface area contributed by atoms with Crippen molar-refractivity contribution in [2.45, 2.75) is 20.3 Å².